The molecule has 0 aromatic carbocycles. The first-order valence-electron chi connectivity index (χ1n) is 5.29. The number of carbonyl (C=O) groups excluding carboxylic acids is 1. The first-order valence-corrected chi connectivity index (χ1v) is 5.29. The molecule has 1 rings (SSSR count). The van der Waals surface area contributed by atoms with E-state index >= 15 is 0 Å². The van der Waals surface area contributed by atoms with Gasteiger partial charge in [0, 0.05) is 12.5 Å². The molecule has 88 valence electrons. The van der Waals surface area contributed by atoms with Crippen LogP contribution in [0.4, 0.5) is 13.2 Å². The number of carbonyl (C=O) groups is 1. The largest absolute Gasteiger partial charge is 0.391 e. The molecule has 1 N–H and O–H groups in total. The number of alkyl halides is 3. The van der Waals surface area contributed by atoms with Crippen LogP contribution < -0.4 is 5.32 Å². The molecule has 0 heterocycles. The molecule has 2 nitrogen and oxygen atoms in total. The lowest BCUT2D eigenvalue weighted by Gasteiger charge is -2.30. The Morgan fingerprint density at radius 3 is 2.60 bits per heavy atom. The molecule has 0 aromatic heterocycles. The lowest BCUT2D eigenvalue weighted by atomic mass is 9.85. The van der Waals surface area contributed by atoms with Crippen molar-refractivity contribution in [1.82, 2.24) is 5.32 Å². The standard InChI is InChI=1S/C10H16F3NO/c1-2-9(15)14-8-5-3-4-7(6-8)10(11,12)13/h7-8H,2-6H2,1H3,(H,14,15)/t7-,8+/m0/s1. The molecule has 1 amide bonds. The van der Waals surface area contributed by atoms with Crippen molar-refractivity contribution in [3.05, 3.63) is 0 Å². The van der Waals surface area contributed by atoms with Gasteiger partial charge in [-0.2, -0.15) is 13.2 Å². The van der Waals surface area contributed by atoms with E-state index in [2.05, 4.69) is 5.32 Å². The van der Waals surface area contributed by atoms with E-state index in [0.717, 1.165) is 0 Å². The number of hydrogen-bond donors (Lipinski definition) is 1. The number of nitrogens with one attached hydrogen (secondary N) is 1. The summed E-state index contributed by atoms with van der Waals surface area (Å²) in [5.74, 6) is -1.41. The van der Waals surface area contributed by atoms with Crippen molar-refractivity contribution in [3.8, 4) is 0 Å². The molecule has 1 saturated carbocycles. The van der Waals surface area contributed by atoms with Gasteiger partial charge < -0.3 is 5.32 Å². The Labute approximate surface area is 87.2 Å². The summed E-state index contributed by atoms with van der Waals surface area (Å²) in [7, 11) is 0. The van der Waals surface area contributed by atoms with E-state index in [4.69, 9.17) is 0 Å². The SMILES string of the molecule is CCC(=O)N[C@@H]1CCC[C@H](C(F)(F)F)C1. The molecular weight excluding hydrogens is 207 g/mol. The average Bonchev–Trinajstić information content (AvgIpc) is 2.17. The van der Waals surface area contributed by atoms with Crippen LogP contribution in [-0.2, 0) is 4.79 Å². The Hall–Kier alpha value is -0.740. The van der Waals surface area contributed by atoms with Crippen LogP contribution in [0.25, 0.3) is 0 Å². The van der Waals surface area contributed by atoms with Gasteiger partial charge in [0.05, 0.1) is 5.92 Å². The summed E-state index contributed by atoms with van der Waals surface area (Å²) >= 11 is 0. The van der Waals surface area contributed by atoms with Gasteiger partial charge in [0.1, 0.15) is 0 Å². The van der Waals surface area contributed by atoms with Crippen LogP contribution in [0.5, 0.6) is 0 Å². The Bertz CT molecular complexity index is 227. The van der Waals surface area contributed by atoms with Crippen LogP contribution in [0.2, 0.25) is 0 Å². The van der Waals surface area contributed by atoms with E-state index in [1.165, 1.54) is 0 Å². The minimum atomic E-state index is -4.12. The van der Waals surface area contributed by atoms with E-state index < -0.39 is 12.1 Å². The van der Waals surface area contributed by atoms with Crippen molar-refractivity contribution in [1.29, 1.82) is 0 Å². The molecule has 15 heavy (non-hydrogen) atoms. The zero-order chi connectivity index (χ0) is 11.5. The van der Waals surface area contributed by atoms with Gasteiger partial charge in [0.2, 0.25) is 5.91 Å². The van der Waals surface area contributed by atoms with Gasteiger partial charge in [0.15, 0.2) is 0 Å². The van der Waals surface area contributed by atoms with Crippen molar-refractivity contribution in [2.75, 3.05) is 0 Å². The van der Waals surface area contributed by atoms with Gasteiger partial charge in [-0.15, -0.1) is 0 Å². The van der Waals surface area contributed by atoms with Crippen LogP contribution in [0.3, 0.4) is 0 Å². The number of amides is 1. The average molecular weight is 223 g/mol. The summed E-state index contributed by atoms with van der Waals surface area (Å²) < 4.78 is 37.3. The maximum Gasteiger partial charge on any atom is 0.391 e. The first kappa shape index (κ1) is 12.3. The summed E-state index contributed by atoms with van der Waals surface area (Å²) in [6.07, 6.45) is -2.35. The highest BCUT2D eigenvalue weighted by molar-refractivity contribution is 5.75. The molecule has 0 bridgehead atoms. The molecule has 0 unspecified atom stereocenters. The summed E-state index contributed by atoms with van der Waals surface area (Å²) in [5.41, 5.74) is 0. The second-order valence-corrected chi connectivity index (χ2v) is 4.02. The molecule has 1 fully saturated rings. The predicted molar refractivity (Wildman–Crippen MR) is 50.2 cm³/mol. The fourth-order valence-corrected chi connectivity index (χ4v) is 1.95. The Morgan fingerprint density at radius 2 is 2.07 bits per heavy atom. The molecule has 1 aliphatic carbocycles. The van der Waals surface area contributed by atoms with Crippen LogP contribution in [0.15, 0.2) is 0 Å². The number of hydrogen-bond acceptors (Lipinski definition) is 1. The molecule has 0 spiro atoms. The molecule has 0 saturated heterocycles. The van der Waals surface area contributed by atoms with Crippen molar-refractivity contribution >= 4 is 5.91 Å². The predicted octanol–water partition coefficient (Wildman–Crippen LogP) is 2.63. The van der Waals surface area contributed by atoms with Crippen molar-refractivity contribution < 1.29 is 18.0 Å². The third kappa shape index (κ3) is 3.72. The lowest BCUT2D eigenvalue weighted by Crippen LogP contribution is -2.41. The van der Waals surface area contributed by atoms with Crippen molar-refractivity contribution in [3.63, 3.8) is 0 Å². The van der Waals surface area contributed by atoms with E-state index in [0.29, 0.717) is 19.3 Å². The van der Waals surface area contributed by atoms with Crippen molar-refractivity contribution in [2.24, 2.45) is 5.92 Å². The summed E-state index contributed by atoms with van der Waals surface area (Å²) in [6.45, 7) is 1.69. The zero-order valence-electron chi connectivity index (χ0n) is 8.73. The minimum Gasteiger partial charge on any atom is -0.353 e. The fraction of sp³-hybridized carbons (Fsp3) is 0.900. The van der Waals surface area contributed by atoms with Gasteiger partial charge in [-0.1, -0.05) is 13.3 Å². The van der Waals surface area contributed by atoms with Crippen LogP contribution >= 0.6 is 0 Å². The minimum absolute atomic E-state index is 0.0369. The zero-order valence-corrected chi connectivity index (χ0v) is 8.73. The van der Waals surface area contributed by atoms with Crippen molar-refractivity contribution in [2.45, 2.75) is 51.2 Å². The van der Waals surface area contributed by atoms with E-state index in [1.54, 1.807) is 6.92 Å². The molecule has 1 aliphatic rings. The Kier molecular flexibility index (Phi) is 3.99. The third-order valence-corrected chi connectivity index (χ3v) is 2.82. The van der Waals surface area contributed by atoms with Gasteiger partial charge in [-0.25, -0.2) is 0 Å². The highest BCUT2D eigenvalue weighted by atomic mass is 19.4. The summed E-state index contributed by atoms with van der Waals surface area (Å²) in [4.78, 5) is 11.0. The second kappa shape index (κ2) is 4.86. The second-order valence-electron chi connectivity index (χ2n) is 4.02. The molecular formula is C10H16F3NO. The van der Waals surface area contributed by atoms with Crippen LogP contribution in [0.1, 0.15) is 39.0 Å². The molecule has 2 atom stereocenters. The maximum atomic E-state index is 12.4. The van der Waals surface area contributed by atoms with Gasteiger partial charge in [-0.05, 0) is 19.3 Å². The van der Waals surface area contributed by atoms with Crippen LogP contribution in [0, 0.1) is 5.92 Å². The summed E-state index contributed by atoms with van der Waals surface area (Å²) in [6, 6.07) is -0.294. The Morgan fingerprint density at radius 1 is 1.40 bits per heavy atom. The third-order valence-electron chi connectivity index (χ3n) is 2.82. The smallest absolute Gasteiger partial charge is 0.353 e. The highest BCUT2D eigenvalue weighted by Crippen LogP contribution is 2.37. The molecule has 0 aliphatic heterocycles. The monoisotopic (exact) mass is 223 g/mol. The molecule has 0 radical (unpaired) electrons. The van der Waals surface area contributed by atoms with E-state index in [-0.39, 0.29) is 24.8 Å². The van der Waals surface area contributed by atoms with E-state index in [9.17, 15) is 18.0 Å². The summed E-state index contributed by atoms with van der Waals surface area (Å²) in [5, 5.41) is 2.63. The molecule has 0 aromatic rings. The van der Waals surface area contributed by atoms with Gasteiger partial charge >= 0.3 is 6.18 Å². The topological polar surface area (TPSA) is 29.1 Å². The first-order chi connectivity index (χ1) is 6.93. The maximum absolute atomic E-state index is 12.4. The number of rotatable bonds is 2. The lowest BCUT2D eigenvalue weighted by molar-refractivity contribution is -0.184. The van der Waals surface area contributed by atoms with E-state index in [1.807, 2.05) is 0 Å². The van der Waals surface area contributed by atoms with Crippen LogP contribution in [-0.4, -0.2) is 18.1 Å². The molecule has 5 heteroatoms. The van der Waals surface area contributed by atoms with Gasteiger partial charge in [0.25, 0.3) is 0 Å². The normalized spacial score (nSPS) is 27.5. The number of halogens is 3. The highest BCUT2D eigenvalue weighted by Gasteiger charge is 2.42. The van der Waals surface area contributed by atoms with Gasteiger partial charge in [-0.3, -0.25) is 4.79 Å². The quantitative estimate of drug-likeness (QED) is 0.766. The Balaban J connectivity index is 2.46. The fourth-order valence-electron chi connectivity index (χ4n) is 1.95.